The Hall–Kier alpha value is -4.26. The predicted octanol–water partition coefficient (Wildman–Crippen LogP) is 5.20. The van der Waals surface area contributed by atoms with Crippen LogP contribution in [0.2, 0.25) is 5.15 Å². The van der Waals surface area contributed by atoms with Gasteiger partial charge in [0.15, 0.2) is 16.6 Å². The van der Waals surface area contributed by atoms with Gasteiger partial charge in [-0.05, 0) is 51.3 Å². The highest BCUT2D eigenvalue weighted by molar-refractivity contribution is 6.30. The molecule has 12 nitrogen and oxygen atoms in total. The lowest BCUT2D eigenvalue weighted by atomic mass is 10.00. The van der Waals surface area contributed by atoms with Gasteiger partial charge in [-0.2, -0.15) is 0 Å². The summed E-state index contributed by atoms with van der Waals surface area (Å²) in [6, 6.07) is 5.80. The van der Waals surface area contributed by atoms with Crippen LogP contribution in [0, 0.1) is 15.9 Å². The molecule has 3 aromatic rings. The minimum absolute atomic E-state index is 0.0988. The van der Waals surface area contributed by atoms with Crippen LogP contribution in [0.15, 0.2) is 35.1 Å². The Labute approximate surface area is 252 Å². The summed E-state index contributed by atoms with van der Waals surface area (Å²) in [5.41, 5.74) is -2.27. The third kappa shape index (κ3) is 5.99. The number of hydrogen-bond acceptors (Lipinski definition) is 9. The van der Waals surface area contributed by atoms with Crippen LogP contribution in [-0.4, -0.2) is 69.3 Å². The van der Waals surface area contributed by atoms with Crippen LogP contribution in [0.4, 0.5) is 20.6 Å². The summed E-state index contributed by atoms with van der Waals surface area (Å²) in [5, 5.41) is 12.0. The van der Waals surface area contributed by atoms with Crippen LogP contribution in [0.1, 0.15) is 53.0 Å². The Morgan fingerprint density at radius 1 is 1.21 bits per heavy atom. The van der Waals surface area contributed by atoms with Gasteiger partial charge in [-0.25, -0.2) is 19.0 Å². The summed E-state index contributed by atoms with van der Waals surface area (Å²) >= 11 is 6.09. The highest BCUT2D eigenvalue weighted by atomic mass is 35.5. The smallest absolute Gasteiger partial charge is 0.410 e. The number of fused-ring (bicyclic) bond motifs is 1. The fraction of sp³-hybridized carbons (Fsp3) is 0.448. The molecule has 0 unspecified atom stereocenters. The van der Waals surface area contributed by atoms with Crippen LogP contribution in [-0.2, 0) is 14.3 Å². The number of carbonyl (C=O) groups excluding carboxylic acids is 2. The monoisotopic (exact) mass is 617 g/mol. The zero-order valence-corrected chi connectivity index (χ0v) is 25.6. The second-order valence-corrected chi connectivity index (χ2v) is 12.0. The Kier molecular flexibility index (Phi) is 8.68. The van der Waals surface area contributed by atoms with Crippen molar-refractivity contribution in [1.29, 1.82) is 0 Å². The highest BCUT2D eigenvalue weighted by Crippen LogP contribution is 2.39. The number of ether oxygens (including phenoxy) is 2. The number of aromatic nitrogens is 2. The van der Waals surface area contributed by atoms with Crippen molar-refractivity contribution in [2.45, 2.75) is 65.1 Å². The van der Waals surface area contributed by atoms with Gasteiger partial charge < -0.3 is 19.3 Å². The molecule has 43 heavy (non-hydrogen) atoms. The third-order valence-corrected chi connectivity index (χ3v) is 7.38. The van der Waals surface area contributed by atoms with Crippen LogP contribution >= 0.6 is 11.6 Å². The van der Waals surface area contributed by atoms with E-state index in [-0.39, 0.29) is 35.7 Å². The Balaban J connectivity index is 2.06. The normalized spacial score (nSPS) is 17.3. The number of esters is 1. The van der Waals surface area contributed by atoms with E-state index in [1.165, 1.54) is 9.80 Å². The molecule has 0 saturated carbocycles. The van der Waals surface area contributed by atoms with Crippen molar-refractivity contribution in [2.24, 2.45) is 0 Å². The van der Waals surface area contributed by atoms with Gasteiger partial charge in [-0.1, -0.05) is 43.6 Å². The average molecular weight is 618 g/mol. The second-order valence-electron chi connectivity index (χ2n) is 11.6. The van der Waals surface area contributed by atoms with Crippen molar-refractivity contribution in [1.82, 2.24) is 14.5 Å². The standard InChI is InChI=1S/C29H33ClFN5O7/c1-15(2)17-10-8-9-11-20(17)35-25-18(12-19(31)24(30)32-25)22(23(26(35)37)36(40)41)34-13-16(3)33(14-21(34)27(38)42-7)28(39)43-29(4,5)6/h8-12,15-16,21H,13-14H2,1-7H3/t16-,21-/m1/s1. The SMILES string of the molecule is COC(=O)[C@H]1CN(C(=O)OC(C)(C)C)[C@H](C)CN1c1c([N+](=O)[O-])c(=O)n(-c2ccccc2C(C)C)c2nc(Cl)c(F)cc12. The number of amides is 1. The summed E-state index contributed by atoms with van der Waals surface area (Å²) in [7, 11) is 1.13. The maximum atomic E-state index is 15.1. The van der Waals surface area contributed by atoms with E-state index in [0.29, 0.717) is 11.3 Å². The van der Waals surface area contributed by atoms with Gasteiger partial charge in [0.25, 0.3) is 0 Å². The van der Waals surface area contributed by atoms with Crippen molar-refractivity contribution in [3.05, 3.63) is 67.3 Å². The molecular formula is C29H33ClFN5O7. The summed E-state index contributed by atoms with van der Waals surface area (Å²) in [6.07, 6.45) is -0.701. The quantitative estimate of drug-likeness (QED) is 0.164. The van der Waals surface area contributed by atoms with Crippen molar-refractivity contribution < 1.29 is 28.4 Å². The van der Waals surface area contributed by atoms with Gasteiger partial charge >= 0.3 is 23.3 Å². The molecule has 2 aromatic heterocycles. The molecule has 1 amide bonds. The lowest BCUT2D eigenvalue weighted by Crippen LogP contribution is -2.62. The molecule has 1 aliphatic rings. The maximum Gasteiger partial charge on any atom is 0.410 e. The van der Waals surface area contributed by atoms with Gasteiger partial charge in [0, 0.05) is 12.6 Å². The molecule has 0 spiro atoms. The average Bonchev–Trinajstić information content (AvgIpc) is 2.91. The number of methoxy groups -OCH3 is 1. The van der Waals surface area contributed by atoms with E-state index in [4.69, 9.17) is 21.1 Å². The molecule has 0 radical (unpaired) electrons. The van der Waals surface area contributed by atoms with E-state index in [1.807, 2.05) is 13.8 Å². The lowest BCUT2D eigenvalue weighted by molar-refractivity contribution is -0.385. The molecular weight excluding hydrogens is 585 g/mol. The molecule has 0 bridgehead atoms. The Bertz CT molecular complexity index is 1670. The van der Waals surface area contributed by atoms with Crippen molar-refractivity contribution in [2.75, 3.05) is 25.1 Å². The maximum absolute atomic E-state index is 15.1. The zero-order chi connectivity index (χ0) is 32.0. The van der Waals surface area contributed by atoms with E-state index in [1.54, 1.807) is 52.0 Å². The molecule has 1 aliphatic heterocycles. The first-order valence-electron chi connectivity index (χ1n) is 13.6. The van der Waals surface area contributed by atoms with Crippen LogP contribution in [0.25, 0.3) is 16.7 Å². The number of carbonyl (C=O) groups is 2. The molecule has 0 aliphatic carbocycles. The first-order valence-corrected chi connectivity index (χ1v) is 14.0. The second kappa shape index (κ2) is 11.8. The number of hydrogen-bond donors (Lipinski definition) is 0. The van der Waals surface area contributed by atoms with Gasteiger partial charge in [0.1, 0.15) is 17.3 Å². The number of rotatable bonds is 5. The van der Waals surface area contributed by atoms with Gasteiger partial charge in [-0.3, -0.25) is 19.5 Å². The number of para-hydroxylation sites is 1. The number of anilines is 1. The van der Waals surface area contributed by atoms with E-state index >= 15 is 4.39 Å². The zero-order valence-electron chi connectivity index (χ0n) is 24.9. The highest BCUT2D eigenvalue weighted by Gasteiger charge is 2.44. The van der Waals surface area contributed by atoms with E-state index in [2.05, 4.69) is 4.98 Å². The topological polar surface area (TPSA) is 137 Å². The third-order valence-electron chi connectivity index (χ3n) is 7.12. The molecule has 230 valence electrons. The predicted molar refractivity (Wildman–Crippen MR) is 159 cm³/mol. The molecule has 1 aromatic carbocycles. The van der Waals surface area contributed by atoms with Crippen LogP contribution < -0.4 is 10.5 Å². The Morgan fingerprint density at radius 3 is 2.44 bits per heavy atom. The number of pyridine rings is 2. The molecule has 4 rings (SSSR count). The van der Waals surface area contributed by atoms with E-state index in [9.17, 15) is 24.5 Å². The van der Waals surface area contributed by atoms with Crippen LogP contribution in [0.5, 0.6) is 0 Å². The van der Waals surface area contributed by atoms with Crippen molar-refractivity contribution in [3.8, 4) is 5.69 Å². The largest absolute Gasteiger partial charge is 0.467 e. The van der Waals surface area contributed by atoms with Gasteiger partial charge in [-0.15, -0.1) is 0 Å². The lowest BCUT2D eigenvalue weighted by Gasteiger charge is -2.44. The molecule has 14 heteroatoms. The fourth-order valence-electron chi connectivity index (χ4n) is 5.23. The Morgan fingerprint density at radius 2 is 1.86 bits per heavy atom. The number of nitro groups is 1. The molecule has 1 fully saturated rings. The van der Waals surface area contributed by atoms with Crippen molar-refractivity contribution >= 4 is 46.1 Å². The fourth-order valence-corrected chi connectivity index (χ4v) is 5.36. The summed E-state index contributed by atoms with van der Waals surface area (Å²) in [5.74, 6) is -1.92. The van der Waals surface area contributed by atoms with Crippen molar-refractivity contribution in [3.63, 3.8) is 0 Å². The molecule has 0 N–H and O–H groups in total. The molecule has 2 atom stereocenters. The van der Waals surface area contributed by atoms with Crippen LogP contribution in [0.3, 0.4) is 0 Å². The first-order chi connectivity index (χ1) is 20.1. The summed E-state index contributed by atoms with van der Waals surface area (Å²) in [4.78, 5) is 58.9. The summed E-state index contributed by atoms with van der Waals surface area (Å²) < 4.78 is 26.6. The number of halogens is 2. The number of benzene rings is 1. The molecule has 3 heterocycles. The van der Waals surface area contributed by atoms with Gasteiger partial charge in [0.2, 0.25) is 0 Å². The molecule has 1 saturated heterocycles. The van der Waals surface area contributed by atoms with E-state index in [0.717, 1.165) is 17.7 Å². The minimum atomic E-state index is -1.31. The van der Waals surface area contributed by atoms with E-state index < -0.39 is 56.9 Å². The minimum Gasteiger partial charge on any atom is -0.467 e. The van der Waals surface area contributed by atoms with Gasteiger partial charge in [0.05, 0.1) is 29.7 Å². The summed E-state index contributed by atoms with van der Waals surface area (Å²) in [6.45, 7) is 10.1. The number of piperazine rings is 1. The number of nitrogens with zero attached hydrogens (tertiary/aromatic N) is 5. The first kappa shape index (κ1) is 31.7.